The molecule has 1 aromatic rings. The van der Waals surface area contributed by atoms with Crippen molar-refractivity contribution < 1.29 is 23.4 Å². The maximum atomic E-state index is 14.6. The van der Waals surface area contributed by atoms with E-state index < -0.39 is 11.9 Å². The summed E-state index contributed by atoms with van der Waals surface area (Å²) < 4.78 is 29.6. The van der Waals surface area contributed by atoms with E-state index in [1.165, 1.54) is 20.3 Å². The molecule has 0 fully saturated rings. The number of thioether (sulfide) groups is 1. The van der Waals surface area contributed by atoms with E-state index in [0.29, 0.717) is 30.1 Å². The summed E-state index contributed by atoms with van der Waals surface area (Å²) in [4.78, 5) is 14.9. The van der Waals surface area contributed by atoms with Gasteiger partial charge in [0.05, 0.1) is 26.5 Å². The molecule has 1 aliphatic heterocycles. The Morgan fingerprint density at radius 2 is 2.23 bits per heavy atom. The van der Waals surface area contributed by atoms with Crippen molar-refractivity contribution in [1.29, 1.82) is 5.41 Å². The molecule has 0 saturated heterocycles. The lowest BCUT2D eigenvalue weighted by molar-refractivity contribution is 0.183. The number of hydrogen-bond donors (Lipinski definition) is 1. The lowest BCUT2D eigenvalue weighted by Gasteiger charge is -2.12. The molecular formula is C14H15FN2O4S. The maximum absolute atomic E-state index is 14.6. The number of nitrogens with one attached hydrogen (secondary N) is 1. The number of carbonyl (C=O) groups is 1. The molecule has 0 spiro atoms. The highest BCUT2D eigenvalue weighted by molar-refractivity contribution is 8.15. The Bertz CT molecular complexity index is 661. The van der Waals surface area contributed by atoms with E-state index in [0.717, 1.165) is 11.8 Å². The van der Waals surface area contributed by atoms with Crippen LogP contribution in [0.5, 0.6) is 11.5 Å². The normalized spacial score (nSPS) is 13.4. The summed E-state index contributed by atoms with van der Waals surface area (Å²) in [6.45, 7) is 0.366. The predicted octanol–water partition coefficient (Wildman–Crippen LogP) is 2.66. The molecular weight excluding hydrogens is 311 g/mol. The Balaban J connectivity index is 2.50. The van der Waals surface area contributed by atoms with Crippen LogP contribution in [-0.4, -0.2) is 43.9 Å². The number of rotatable bonds is 3. The van der Waals surface area contributed by atoms with E-state index in [4.69, 9.17) is 14.9 Å². The predicted molar refractivity (Wildman–Crippen MR) is 82.3 cm³/mol. The van der Waals surface area contributed by atoms with Gasteiger partial charge in [-0.05, 0) is 12.3 Å². The molecule has 22 heavy (non-hydrogen) atoms. The maximum Gasteiger partial charge on any atom is 0.434 e. The lowest BCUT2D eigenvalue weighted by atomic mass is 10.0. The summed E-state index contributed by atoms with van der Waals surface area (Å²) in [5.74, 6) is 0.171. The van der Waals surface area contributed by atoms with E-state index in [1.54, 1.807) is 6.26 Å². The van der Waals surface area contributed by atoms with Crippen molar-refractivity contribution in [2.45, 2.75) is 6.42 Å². The van der Waals surface area contributed by atoms with Crippen molar-refractivity contribution in [3.8, 4) is 11.5 Å². The van der Waals surface area contributed by atoms with Gasteiger partial charge in [0.1, 0.15) is 10.9 Å². The monoisotopic (exact) mass is 326 g/mol. The number of methoxy groups -OCH3 is 2. The van der Waals surface area contributed by atoms with Crippen LogP contribution in [0.1, 0.15) is 11.1 Å². The summed E-state index contributed by atoms with van der Waals surface area (Å²) in [6.07, 6.45) is 1.20. The van der Waals surface area contributed by atoms with Crippen LogP contribution in [0.15, 0.2) is 11.1 Å². The molecule has 2 rings (SSSR count). The fraction of sp³-hybridized carbons (Fsp3) is 0.357. The van der Waals surface area contributed by atoms with Gasteiger partial charge in [0.25, 0.3) is 0 Å². The third-order valence-electron chi connectivity index (χ3n) is 3.14. The average molecular weight is 326 g/mol. The zero-order valence-corrected chi connectivity index (χ0v) is 13.2. The molecule has 1 amide bonds. The second kappa shape index (κ2) is 6.78. The highest BCUT2D eigenvalue weighted by Gasteiger charge is 2.27. The summed E-state index contributed by atoms with van der Waals surface area (Å²) in [5.41, 5.74) is 0.180. The van der Waals surface area contributed by atoms with E-state index >= 15 is 0 Å². The summed E-state index contributed by atoms with van der Waals surface area (Å²) >= 11 is 1.06. The Labute approximate surface area is 131 Å². The molecule has 0 radical (unpaired) electrons. The van der Waals surface area contributed by atoms with Gasteiger partial charge < -0.3 is 14.2 Å². The Hall–Kier alpha value is -2.09. The zero-order valence-electron chi connectivity index (χ0n) is 12.4. The fourth-order valence-electron chi connectivity index (χ4n) is 2.09. The number of amides is 1. The van der Waals surface area contributed by atoms with E-state index in [-0.39, 0.29) is 16.3 Å². The van der Waals surface area contributed by atoms with Gasteiger partial charge in [-0.2, -0.15) is 4.99 Å². The molecule has 0 aliphatic carbocycles. The molecule has 1 aromatic carbocycles. The SMILES string of the molecule is COC(=O)N=C(SC)C(=N)c1cc(OC)c2c(c1F)CCO2. The van der Waals surface area contributed by atoms with Gasteiger partial charge in [-0.15, -0.1) is 11.8 Å². The van der Waals surface area contributed by atoms with Gasteiger partial charge >= 0.3 is 6.09 Å². The first kappa shape index (κ1) is 16.3. The standard InChI is InChI=1S/C14H15FN2O4S/c1-19-9-6-8(10(15)7-4-5-21-12(7)9)11(16)13(22-3)17-14(18)20-2/h6,16H,4-5H2,1-3H3. The van der Waals surface area contributed by atoms with E-state index in [9.17, 15) is 9.18 Å². The van der Waals surface area contributed by atoms with Crippen LogP contribution in [0.25, 0.3) is 0 Å². The van der Waals surface area contributed by atoms with Crippen LogP contribution in [0.3, 0.4) is 0 Å². The molecule has 1 N–H and O–H groups in total. The number of ether oxygens (including phenoxy) is 3. The summed E-state index contributed by atoms with van der Waals surface area (Å²) in [5, 5.41) is 8.20. The van der Waals surface area contributed by atoms with Gasteiger partial charge in [0.15, 0.2) is 11.5 Å². The minimum Gasteiger partial charge on any atom is -0.493 e. The number of carbonyl (C=O) groups excluding carboxylic acids is 1. The second-order valence-corrected chi connectivity index (χ2v) is 5.11. The van der Waals surface area contributed by atoms with Crippen molar-refractivity contribution in [2.75, 3.05) is 27.1 Å². The molecule has 8 heteroatoms. The van der Waals surface area contributed by atoms with Crippen LogP contribution >= 0.6 is 11.8 Å². The molecule has 1 heterocycles. The molecule has 118 valence electrons. The van der Waals surface area contributed by atoms with Crippen molar-refractivity contribution in [2.24, 2.45) is 4.99 Å². The Morgan fingerprint density at radius 3 is 2.82 bits per heavy atom. The molecule has 0 aromatic heterocycles. The fourth-order valence-corrected chi connectivity index (χ4v) is 2.57. The molecule has 0 saturated carbocycles. The quantitative estimate of drug-likeness (QED) is 0.682. The first-order valence-corrected chi connectivity index (χ1v) is 7.58. The lowest BCUT2D eigenvalue weighted by Crippen LogP contribution is -2.15. The Kier molecular flexibility index (Phi) is 5.02. The summed E-state index contributed by atoms with van der Waals surface area (Å²) in [6, 6.07) is 1.38. The van der Waals surface area contributed by atoms with Crippen LogP contribution < -0.4 is 9.47 Å². The van der Waals surface area contributed by atoms with Crippen LogP contribution in [0.4, 0.5) is 9.18 Å². The average Bonchev–Trinajstić information content (AvgIpc) is 3.02. The van der Waals surface area contributed by atoms with E-state index in [2.05, 4.69) is 9.73 Å². The number of benzene rings is 1. The number of halogens is 1. The van der Waals surface area contributed by atoms with Crippen LogP contribution in [0, 0.1) is 11.2 Å². The summed E-state index contributed by atoms with van der Waals surface area (Å²) in [7, 11) is 2.63. The largest absolute Gasteiger partial charge is 0.493 e. The number of fused-ring (bicyclic) bond motifs is 1. The zero-order chi connectivity index (χ0) is 16.3. The number of hydrogen-bond acceptors (Lipinski definition) is 6. The Morgan fingerprint density at radius 1 is 1.50 bits per heavy atom. The van der Waals surface area contributed by atoms with Gasteiger partial charge in [-0.1, -0.05) is 0 Å². The van der Waals surface area contributed by atoms with Gasteiger partial charge in [0, 0.05) is 17.5 Å². The van der Waals surface area contributed by atoms with Crippen molar-refractivity contribution in [3.05, 3.63) is 23.0 Å². The smallest absolute Gasteiger partial charge is 0.434 e. The van der Waals surface area contributed by atoms with Gasteiger partial charge in [-0.25, -0.2) is 9.18 Å². The van der Waals surface area contributed by atoms with E-state index in [1.807, 2.05) is 0 Å². The van der Waals surface area contributed by atoms with Gasteiger partial charge in [0.2, 0.25) is 0 Å². The molecule has 0 atom stereocenters. The topological polar surface area (TPSA) is 81.0 Å². The van der Waals surface area contributed by atoms with Crippen LogP contribution in [0.2, 0.25) is 0 Å². The minimum absolute atomic E-state index is 0.0121. The van der Waals surface area contributed by atoms with Crippen LogP contribution in [-0.2, 0) is 11.2 Å². The molecule has 0 unspecified atom stereocenters. The highest BCUT2D eigenvalue weighted by atomic mass is 32.2. The minimum atomic E-state index is -0.842. The highest BCUT2D eigenvalue weighted by Crippen LogP contribution is 2.39. The molecule has 6 nitrogen and oxygen atoms in total. The van der Waals surface area contributed by atoms with Crippen molar-refractivity contribution in [1.82, 2.24) is 0 Å². The molecule has 1 aliphatic rings. The second-order valence-electron chi connectivity index (χ2n) is 4.31. The third kappa shape index (κ3) is 2.92. The third-order valence-corrected chi connectivity index (χ3v) is 3.82. The first-order valence-electron chi connectivity index (χ1n) is 6.35. The number of nitrogens with zero attached hydrogens (tertiary/aromatic N) is 1. The van der Waals surface area contributed by atoms with Crippen molar-refractivity contribution >= 4 is 28.6 Å². The first-order chi connectivity index (χ1) is 10.5. The van der Waals surface area contributed by atoms with Crippen molar-refractivity contribution in [3.63, 3.8) is 0 Å². The van der Waals surface area contributed by atoms with Gasteiger partial charge in [-0.3, -0.25) is 5.41 Å². The molecule has 0 bridgehead atoms. The number of aliphatic imine (C=N–C) groups is 1.